The summed E-state index contributed by atoms with van der Waals surface area (Å²) in [7, 11) is 1.54. The Labute approximate surface area is 84.5 Å². The average Bonchev–Trinajstić information content (AvgIpc) is 2.21. The van der Waals surface area contributed by atoms with E-state index in [2.05, 4.69) is 0 Å². The van der Waals surface area contributed by atoms with Crippen molar-refractivity contribution in [3.05, 3.63) is 23.8 Å². The summed E-state index contributed by atoms with van der Waals surface area (Å²) < 4.78 is 5.01. The van der Waals surface area contributed by atoms with Gasteiger partial charge in [-0.3, -0.25) is 0 Å². The topological polar surface area (TPSA) is 55.5 Å². The summed E-state index contributed by atoms with van der Waals surface area (Å²) in [6.45, 7) is 2.03. The summed E-state index contributed by atoms with van der Waals surface area (Å²) in [4.78, 5) is 0. The predicted octanol–water partition coefficient (Wildman–Crippen LogP) is 1.68. The van der Waals surface area contributed by atoms with Gasteiger partial charge in [-0.15, -0.1) is 0 Å². The molecule has 0 radical (unpaired) electrons. The number of aromatic hydroxyl groups is 1. The minimum atomic E-state index is 0.0907. The SMILES string of the molecule is CCC(N)Cc1cccc(OC)c1O. The molecule has 0 saturated heterocycles. The van der Waals surface area contributed by atoms with E-state index < -0.39 is 0 Å². The lowest BCUT2D eigenvalue weighted by atomic mass is 10.0. The molecule has 0 fully saturated rings. The Morgan fingerprint density at radius 1 is 1.50 bits per heavy atom. The molecule has 1 atom stereocenters. The summed E-state index contributed by atoms with van der Waals surface area (Å²) in [6.07, 6.45) is 1.58. The van der Waals surface area contributed by atoms with E-state index in [1.807, 2.05) is 19.1 Å². The van der Waals surface area contributed by atoms with Gasteiger partial charge in [0.05, 0.1) is 7.11 Å². The summed E-state index contributed by atoms with van der Waals surface area (Å²) in [5, 5.41) is 9.75. The molecular weight excluding hydrogens is 178 g/mol. The second-order valence-corrected chi connectivity index (χ2v) is 3.34. The number of hydrogen-bond donors (Lipinski definition) is 2. The highest BCUT2D eigenvalue weighted by Crippen LogP contribution is 2.30. The zero-order chi connectivity index (χ0) is 10.6. The molecule has 0 aliphatic rings. The number of hydrogen-bond acceptors (Lipinski definition) is 3. The number of phenolic OH excluding ortho intramolecular Hbond substituents is 1. The fraction of sp³-hybridized carbons (Fsp3) is 0.455. The van der Waals surface area contributed by atoms with E-state index in [9.17, 15) is 5.11 Å². The van der Waals surface area contributed by atoms with Gasteiger partial charge in [0.25, 0.3) is 0 Å². The molecule has 0 aliphatic carbocycles. The van der Waals surface area contributed by atoms with Crippen LogP contribution in [0.15, 0.2) is 18.2 Å². The van der Waals surface area contributed by atoms with Crippen molar-refractivity contribution in [1.29, 1.82) is 0 Å². The molecular formula is C11H17NO2. The first-order valence-electron chi connectivity index (χ1n) is 4.79. The van der Waals surface area contributed by atoms with Crippen molar-refractivity contribution < 1.29 is 9.84 Å². The van der Waals surface area contributed by atoms with E-state index in [1.165, 1.54) is 0 Å². The molecule has 0 amide bonds. The van der Waals surface area contributed by atoms with Crippen LogP contribution in [0.1, 0.15) is 18.9 Å². The molecule has 1 aromatic carbocycles. The van der Waals surface area contributed by atoms with Gasteiger partial charge < -0.3 is 15.6 Å². The number of methoxy groups -OCH3 is 1. The van der Waals surface area contributed by atoms with Gasteiger partial charge in [-0.2, -0.15) is 0 Å². The van der Waals surface area contributed by atoms with Crippen LogP contribution in [0, 0.1) is 0 Å². The predicted molar refractivity (Wildman–Crippen MR) is 56.6 cm³/mol. The lowest BCUT2D eigenvalue weighted by molar-refractivity contribution is 0.369. The molecule has 3 N–H and O–H groups in total. The minimum absolute atomic E-state index is 0.0907. The Morgan fingerprint density at radius 3 is 2.79 bits per heavy atom. The Kier molecular flexibility index (Phi) is 3.77. The molecule has 1 unspecified atom stereocenters. The Bertz CT molecular complexity index is 299. The Balaban J connectivity index is 2.86. The molecule has 0 aliphatic heterocycles. The molecule has 1 rings (SSSR count). The third kappa shape index (κ3) is 2.39. The molecule has 3 nitrogen and oxygen atoms in total. The maximum atomic E-state index is 9.75. The molecule has 14 heavy (non-hydrogen) atoms. The molecule has 0 heterocycles. The van der Waals surface area contributed by atoms with Crippen molar-refractivity contribution in [3.8, 4) is 11.5 Å². The molecule has 0 saturated carbocycles. The van der Waals surface area contributed by atoms with Gasteiger partial charge in [0.15, 0.2) is 11.5 Å². The maximum Gasteiger partial charge on any atom is 0.160 e. The first-order chi connectivity index (χ1) is 6.69. The Morgan fingerprint density at radius 2 is 2.21 bits per heavy atom. The van der Waals surface area contributed by atoms with E-state index in [0.29, 0.717) is 12.2 Å². The fourth-order valence-corrected chi connectivity index (χ4v) is 1.32. The van der Waals surface area contributed by atoms with E-state index >= 15 is 0 Å². The highest BCUT2D eigenvalue weighted by molar-refractivity contribution is 5.45. The lowest BCUT2D eigenvalue weighted by Crippen LogP contribution is -2.21. The number of para-hydroxylation sites is 1. The zero-order valence-electron chi connectivity index (χ0n) is 8.66. The standard InChI is InChI=1S/C11H17NO2/c1-3-9(12)7-8-5-4-6-10(14-2)11(8)13/h4-6,9,13H,3,7,12H2,1-2H3. The maximum absolute atomic E-state index is 9.75. The number of phenols is 1. The van der Waals surface area contributed by atoms with Crippen molar-refractivity contribution in [2.24, 2.45) is 5.73 Å². The largest absolute Gasteiger partial charge is 0.504 e. The quantitative estimate of drug-likeness (QED) is 0.768. The summed E-state index contributed by atoms with van der Waals surface area (Å²) in [6, 6.07) is 5.55. The normalized spacial score (nSPS) is 12.5. The van der Waals surface area contributed by atoms with E-state index in [1.54, 1.807) is 13.2 Å². The molecule has 0 spiro atoms. The van der Waals surface area contributed by atoms with Gasteiger partial charge in [0.2, 0.25) is 0 Å². The van der Waals surface area contributed by atoms with Crippen LogP contribution in [0.4, 0.5) is 0 Å². The van der Waals surface area contributed by atoms with E-state index in [-0.39, 0.29) is 11.8 Å². The number of nitrogens with two attached hydrogens (primary N) is 1. The van der Waals surface area contributed by atoms with Crippen LogP contribution in [0.5, 0.6) is 11.5 Å². The minimum Gasteiger partial charge on any atom is -0.504 e. The van der Waals surface area contributed by atoms with Crippen molar-refractivity contribution >= 4 is 0 Å². The average molecular weight is 195 g/mol. The number of benzene rings is 1. The van der Waals surface area contributed by atoms with Crippen molar-refractivity contribution in [3.63, 3.8) is 0 Å². The summed E-state index contributed by atoms with van der Waals surface area (Å²) in [5.74, 6) is 0.713. The van der Waals surface area contributed by atoms with Gasteiger partial charge in [0.1, 0.15) is 0 Å². The van der Waals surface area contributed by atoms with Crippen LogP contribution in [-0.4, -0.2) is 18.3 Å². The monoisotopic (exact) mass is 195 g/mol. The lowest BCUT2D eigenvalue weighted by Gasteiger charge is -2.12. The summed E-state index contributed by atoms with van der Waals surface area (Å²) >= 11 is 0. The van der Waals surface area contributed by atoms with E-state index in [0.717, 1.165) is 12.0 Å². The third-order valence-corrected chi connectivity index (χ3v) is 2.31. The number of ether oxygens (including phenoxy) is 1. The van der Waals surface area contributed by atoms with Gasteiger partial charge in [-0.05, 0) is 24.5 Å². The van der Waals surface area contributed by atoms with Crippen LogP contribution in [0.2, 0.25) is 0 Å². The van der Waals surface area contributed by atoms with Crippen LogP contribution >= 0.6 is 0 Å². The van der Waals surface area contributed by atoms with Crippen LogP contribution in [0.3, 0.4) is 0 Å². The molecule has 1 aromatic rings. The summed E-state index contributed by atoms with van der Waals surface area (Å²) in [5.41, 5.74) is 6.66. The van der Waals surface area contributed by atoms with Crippen LogP contribution in [-0.2, 0) is 6.42 Å². The van der Waals surface area contributed by atoms with Gasteiger partial charge in [-0.1, -0.05) is 19.1 Å². The molecule has 78 valence electrons. The van der Waals surface area contributed by atoms with E-state index in [4.69, 9.17) is 10.5 Å². The van der Waals surface area contributed by atoms with Crippen LogP contribution in [0.25, 0.3) is 0 Å². The van der Waals surface area contributed by atoms with Crippen molar-refractivity contribution in [2.75, 3.05) is 7.11 Å². The first-order valence-corrected chi connectivity index (χ1v) is 4.79. The second-order valence-electron chi connectivity index (χ2n) is 3.34. The first kappa shape index (κ1) is 10.9. The zero-order valence-corrected chi connectivity index (χ0v) is 8.66. The van der Waals surface area contributed by atoms with Crippen molar-refractivity contribution in [1.82, 2.24) is 0 Å². The Hall–Kier alpha value is -1.22. The van der Waals surface area contributed by atoms with Crippen LogP contribution < -0.4 is 10.5 Å². The third-order valence-electron chi connectivity index (χ3n) is 2.31. The van der Waals surface area contributed by atoms with Gasteiger partial charge in [0, 0.05) is 6.04 Å². The number of rotatable bonds is 4. The molecule has 0 aromatic heterocycles. The van der Waals surface area contributed by atoms with Gasteiger partial charge >= 0.3 is 0 Å². The molecule has 3 heteroatoms. The highest BCUT2D eigenvalue weighted by atomic mass is 16.5. The smallest absolute Gasteiger partial charge is 0.160 e. The van der Waals surface area contributed by atoms with Gasteiger partial charge in [-0.25, -0.2) is 0 Å². The highest BCUT2D eigenvalue weighted by Gasteiger charge is 2.09. The fourth-order valence-electron chi connectivity index (χ4n) is 1.32. The second kappa shape index (κ2) is 4.86. The molecule has 0 bridgehead atoms. The van der Waals surface area contributed by atoms with Crippen molar-refractivity contribution in [2.45, 2.75) is 25.8 Å².